The molecule has 1 saturated heterocycles. The summed E-state index contributed by atoms with van der Waals surface area (Å²) < 4.78 is 43.2. The average Bonchev–Trinajstić information content (AvgIpc) is 2.60. The molecule has 146 valence electrons. The molecule has 1 unspecified atom stereocenters. The third-order valence-electron chi connectivity index (χ3n) is 4.52. The Morgan fingerprint density at radius 1 is 1.46 bits per heavy atom. The van der Waals surface area contributed by atoms with Crippen LogP contribution < -0.4 is 10.2 Å². The summed E-state index contributed by atoms with van der Waals surface area (Å²) in [5, 5.41) is 2.94. The molecule has 26 heavy (non-hydrogen) atoms. The maximum Gasteiger partial charge on any atom is 0.417 e. The number of alkyl halides is 3. The van der Waals surface area contributed by atoms with Crippen LogP contribution >= 0.6 is 11.6 Å². The highest BCUT2D eigenvalue weighted by Gasteiger charge is 2.33. The summed E-state index contributed by atoms with van der Waals surface area (Å²) in [6.07, 6.45) is -1.72. The molecule has 1 aromatic rings. The normalized spacial score (nSPS) is 17.2. The summed E-state index contributed by atoms with van der Waals surface area (Å²) in [5.41, 5.74) is -0.871. The molecule has 1 aliphatic heterocycles. The fourth-order valence-corrected chi connectivity index (χ4v) is 3.24. The average molecular weight is 394 g/mol. The third-order valence-corrected chi connectivity index (χ3v) is 4.80. The molecule has 0 spiro atoms. The number of nitrogens with zero attached hydrogens (tertiary/aromatic N) is 2. The molecule has 1 amide bonds. The molecule has 0 saturated carbocycles. The minimum absolute atomic E-state index is 0.0139. The molecule has 1 atom stereocenters. The van der Waals surface area contributed by atoms with Crippen LogP contribution in [-0.4, -0.2) is 43.7 Å². The Kier molecular flexibility index (Phi) is 7.11. The third kappa shape index (κ3) is 5.23. The molecule has 1 fully saturated rings. The molecular formula is C17H23ClF3N3O2. The fraction of sp³-hybridized carbons (Fsp3) is 0.647. The maximum atomic E-state index is 12.7. The molecule has 2 heterocycles. The lowest BCUT2D eigenvalue weighted by Gasteiger charge is -2.33. The molecule has 0 aromatic carbocycles. The van der Waals surface area contributed by atoms with Crippen LogP contribution in [0.4, 0.5) is 19.0 Å². The quantitative estimate of drug-likeness (QED) is 0.803. The summed E-state index contributed by atoms with van der Waals surface area (Å²) >= 11 is 5.99. The van der Waals surface area contributed by atoms with Crippen molar-refractivity contribution in [3.05, 3.63) is 22.8 Å². The van der Waals surface area contributed by atoms with E-state index in [2.05, 4.69) is 10.3 Å². The predicted molar refractivity (Wildman–Crippen MR) is 93.3 cm³/mol. The van der Waals surface area contributed by atoms with Crippen molar-refractivity contribution in [2.24, 2.45) is 5.92 Å². The van der Waals surface area contributed by atoms with Crippen LogP contribution in [-0.2, 0) is 15.7 Å². The van der Waals surface area contributed by atoms with Gasteiger partial charge in [0.1, 0.15) is 5.82 Å². The van der Waals surface area contributed by atoms with Crippen molar-refractivity contribution < 1.29 is 22.7 Å². The summed E-state index contributed by atoms with van der Waals surface area (Å²) in [6.45, 7) is 3.46. The van der Waals surface area contributed by atoms with E-state index in [1.807, 2.05) is 11.8 Å². The zero-order chi connectivity index (χ0) is 19.3. The van der Waals surface area contributed by atoms with Crippen molar-refractivity contribution >= 4 is 23.3 Å². The van der Waals surface area contributed by atoms with Gasteiger partial charge in [0, 0.05) is 32.3 Å². The van der Waals surface area contributed by atoms with Crippen molar-refractivity contribution in [1.29, 1.82) is 0 Å². The van der Waals surface area contributed by atoms with Crippen LogP contribution in [0.1, 0.15) is 31.7 Å². The number of aromatic nitrogens is 1. The number of nitrogens with one attached hydrogen (secondary N) is 1. The Morgan fingerprint density at radius 2 is 2.12 bits per heavy atom. The first-order chi connectivity index (χ1) is 12.3. The highest BCUT2D eigenvalue weighted by atomic mass is 35.5. The lowest BCUT2D eigenvalue weighted by molar-refractivity contribution is -0.137. The number of ether oxygens (including phenoxy) is 1. The van der Waals surface area contributed by atoms with Crippen LogP contribution in [0.2, 0.25) is 5.02 Å². The van der Waals surface area contributed by atoms with Gasteiger partial charge in [-0.05, 0) is 25.3 Å². The summed E-state index contributed by atoms with van der Waals surface area (Å²) in [7, 11) is 1.59. The predicted octanol–water partition coefficient (Wildman–Crippen LogP) is 3.51. The lowest BCUT2D eigenvalue weighted by atomic mass is 9.95. The van der Waals surface area contributed by atoms with E-state index >= 15 is 0 Å². The van der Waals surface area contributed by atoms with E-state index in [0.717, 1.165) is 18.7 Å². The van der Waals surface area contributed by atoms with Gasteiger partial charge in [-0.3, -0.25) is 4.79 Å². The molecule has 0 bridgehead atoms. The van der Waals surface area contributed by atoms with Gasteiger partial charge in [0.05, 0.1) is 23.2 Å². The molecule has 0 radical (unpaired) electrons. The number of carbonyl (C=O) groups excluding carboxylic acids is 1. The van der Waals surface area contributed by atoms with Crippen molar-refractivity contribution in [1.82, 2.24) is 10.3 Å². The van der Waals surface area contributed by atoms with E-state index < -0.39 is 11.7 Å². The monoisotopic (exact) mass is 393 g/mol. The first-order valence-electron chi connectivity index (χ1n) is 8.53. The van der Waals surface area contributed by atoms with E-state index in [9.17, 15) is 18.0 Å². The smallest absolute Gasteiger partial charge is 0.383 e. The van der Waals surface area contributed by atoms with E-state index in [1.165, 1.54) is 0 Å². The second kappa shape index (κ2) is 8.90. The molecule has 9 heteroatoms. The van der Waals surface area contributed by atoms with Crippen molar-refractivity contribution in [2.45, 2.75) is 38.4 Å². The number of amides is 1. The van der Waals surface area contributed by atoms with Crippen molar-refractivity contribution in [3.63, 3.8) is 0 Å². The number of pyridine rings is 1. The van der Waals surface area contributed by atoms with Gasteiger partial charge in [-0.15, -0.1) is 0 Å². The second-order valence-corrected chi connectivity index (χ2v) is 6.76. The van der Waals surface area contributed by atoms with Gasteiger partial charge in [0.2, 0.25) is 5.91 Å². The van der Waals surface area contributed by atoms with Crippen LogP contribution in [0.5, 0.6) is 0 Å². The first-order valence-corrected chi connectivity index (χ1v) is 8.91. The Balaban J connectivity index is 1.95. The first kappa shape index (κ1) is 20.8. The highest BCUT2D eigenvalue weighted by Crippen LogP contribution is 2.34. The van der Waals surface area contributed by atoms with Gasteiger partial charge in [-0.2, -0.15) is 13.2 Å². The number of halogens is 4. The second-order valence-electron chi connectivity index (χ2n) is 6.36. The van der Waals surface area contributed by atoms with E-state index in [-0.39, 0.29) is 22.9 Å². The van der Waals surface area contributed by atoms with Gasteiger partial charge >= 0.3 is 6.18 Å². The number of methoxy groups -OCH3 is 1. The Morgan fingerprint density at radius 3 is 2.62 bits per heavy atom. The van der Waals surface area contributed by atoms with Crippen LogP contribution in [0.25, 0.3) is 0 Å². The number of piperidine rings is 1. The Hall–Kier alpha value is -1.54. The zero-order valence-corrected chi connectivity index (χ0v) is 15.5. The minimum Gasteiger partial charge on any atom is -0.383 e. The number of anilines is 1. The van der Waals surface area contributed by atoms with Gasteiger partial charge in [0.15, 0.2) is 0 Å². The molecule has 1 N–H and O–H groups in total. The van der Waals surface area contributed by atoms with Crippen LogP contribution in [0.3, 0.4) is 0 Å². The topological polar surface area (TPSA) is 54.5 Å². The van der Waals surface area contributed by atoms with E-state index in [0.29, 0.717) is 38.4 Å². The van der Waals surface area contributed by atoms with E-state index in [4.69, 9.17) is 16.3 Å². The number of hydrogen-bond acceptors (Lipinski definition) is 4. The molecule has 2 rings (SSSR count). The largest absolute Gasteiger partial charge is 0.417 e. The van der Waals surface area contributed by atoms with Gasteiger partial charge in [-0.1, -0.05) is 18.5 Å². The van der Waals surface area contributed by atoms with E-state index in [1.54, 1.807) is 7.11 Å². The molecule has 5 nitrogen and oxygen atoms in total. The Bertz CT molecular complexity index is 620. The fourth-order valence-electron chi connectivity index (χ4n) is 2.95. The molecular weight excluding hydrogens is 371 g/mol. The van der Waals surface area contributed by atoms with Gasteiger partial charge in [0.25, 0.3) is 0 Å². The van der Waals surface area contributed by atoms with Gasteiger partial charge < -0.3 is 15.0 Å². The summed E-state index contributed by atoms with van der Waals surface area (Å²) in [4.78, 5) is 18.1. The van der Waals surface area contributed by atoms with Gasteiger partial charge in [-0.25, -0.2) is 4.98 Å². The van der Waals surface area contributed by atoms with Crippen LogP contribution in [0.15, 0.2) is 12.3 Å². The van der Waals surface area contributed by atoms with Crippen LogP contribution in [0, 0.1) is 5.92 Å². The SMILES string of the molecule is CCC(COC)NC(=O)C1CCN(c2ncc(C(F)(F)F)cc2Cl)CC1. The van der Waals surface area contributed by atoms with Crippen molar-refractivity contribution in [2.75, 3.05) is 31.7 Å². The Labute approximate surface area is 155 Å². The zero-order valence-electron chi connectivity index (χ0n) is 14.8. The minimum atomic E-state index is -4.47. The molecule has 0 aliphatic carbocycles. The highest BCUT2D eigenvalue weighted by molar-refractivity contribution is 6.33. The number of rotatable bonds is 6. The molecule has 1 aliphatic rings. The summed E-state index contributed by atoms with van der Waals surface area (Å²) in [5.74, 6) is 0.176. The summed E-state index contributed by atoms with van der Waals surface area (Å²) in [6, 6.07) is 0.871. The standard InChI is InChI=1S/C17H23ClF3N3O2/c1-3-13(10-26-2)23-16(25)11-4-6-24(7-5-11)15-14(18)8-12(9-22-15)17(19,20)21/h8-9,11,13H,3-7,10H2,1-2H3,(H,23,25). The number of carbonyl (C=O) groups is 1. The lowest BCUT2D eigenvalue weighted by Crippen LogP contribution is -2.45. The maximum absolute atomic E-state index is 12.7. The molecule has 1 aromatic heterocycles. The van der Waals surface area contributed by atoms with Crippen molar-refractivity contribution in [3.8, 4) is 0 Å². The number of hydrogen-bond donors (Lipinski definition) is 1.